The molecule has 11 heteroatoms. The lowest BCUT2D eigenvalue weighted by Gasteiger charge is -2.35. The van der Waals surface area contributed by atoms with Gasteiger partial charge in [-0.15, -0.1) is 5.10 Å². The van der Waals surface area contributed by atoms with Crippen LogP contribution in [0, 0.1) is 0 Å². The lowest BCUT2D eigenvalue weighted by atomic mass is 10.1. The number of anilines is 1. The summed E-state index contributed by atoms with van der Waals surface area (Å²) in [6, 6.07) is 12.8. The number of hydrogen-bond donors (Lipinski definition) is 0. The van der Waals surface area contributed by atoms with Crippen molar-refractivity contribution in [2.45, 2.75) is 0 Å². The fraction of sp³-hybridized carbons (Fsp3) is 0.292. The first-order chi connectivity index (χ1) is 17.1. The molecule has 1 saturated heterocycles. The van der Waals surface area contributed by atoms with Crippen molar-refractivity contribution >= 4 is 22.9 Å². The van der Waals surface area contributed by atoms with Gasteiger partial charge in [0.2, 0.25) is 0 Å². The lowest BCUT2D eigenvalue weighted by Crippen LogP contribution is -2.49. The molecule has 1 amide bonds. The number of rotatable bonds is 6. The van der Waals surface area contributed by atoms with Gasteiger partial charge in [-0.25, -0.2) is 9.97 Å². The minimum atomic E-state index is -0.0998. The van der Waals surface area contributed by atoms with E-state index in [0.717, 1.165) is 5.69 Å². The van der Waals surface area contributed by atoms with Gasteiger partial charge in [0.15, 0.2) is 28.5 Å². The summed E-state index contributed by atoms with van der Waals surface area (Å²) >= 11 is 0. The maximum Gasteiger partial charge on any atom is 0.257 e. The van der Waals surface area contributed by atoms with Gasteiger partial charge in [-0.05, 0) is 24.3 Å². The van der Waals surface area contributed by atoms with E-state index in [2.05, 4.69) is 25.2 Å². The average Bonchev–Trinajstić information content (AvgIpc) is 3.36. The molecule has 1 aliphatic rings. The van der Waals surface area contributed by atoms with Gasteiger partial charge in [0, 0.05) is 32.2 Å². The molecule has 1 aliphatic heterocycles. The van der Waals surface area contributed by atoms with Crippen LogP contribution in [0.5, 0.6) is 17.2 Å². The number of carbonyl (C=O) groups is 1. The molecule has 2 aromatic heterocycles. The molecule has 2 aromatic carbocycles. The molecule has 0 atom stereocenters. The second-order valence-corrected chi connectivity index (χ2v) is 7.89. The molecule has 5 rings (SSSR count). The van der Waals surface area contributed by atoms with Gasteiger partial charge in [-0.2, -0.15) is 4.68 Å². The Balaban J connectivity index is 1.36. The van der Waals surface area contributed by atoms with Crippen LogP contribution in [0.25, 0.3) is 16.9 Å². The molecule has 0 aliphatic carbocycles. The molecule has 1 fully saturated rings. The first-order valence-corrected chi connectivity index (χ1v) is 11.1. The summed E-state index contributed by atoms with van der Waals surface area (Å²) in [5, 5.41) is 8.67. The minimum absolute atomic E-state index is 0.0998. The summed E-state index contributed by atoms with van der Waals surface area (Å²) in [5.41, 5.74) is 2.47. The number of amides is 1. The van der Waals surface area contributed by atoms with E-state index in [4.69, 9.17) is 14.2 Å². The number of hydrogen-bond acceptors (Lipinski definition) is 9. The van der Waals surface area contributed by atoms with Crippen molar-refractivity contribution in [2.24, 2.45) is 0 Å². The van der Waals surface area contributed by atoms with Crippen LogP contribution in [0.1, 0.15) is 10.4 Å². The van der Waals surface area contributed by atoms with Crippen LogP contribution in [-0.2, 0) is 0 Å². The highest BCUT2D eigenvalue weighted by atomic mass is 16.5. The molecule has 0 radical (unpaired) electrons. The van der Waals surface area contributed by atoms with Crippen molar-refractivity contribution in [1.82, 2.24) is 29.9 Å². The van der Waals surface area contributed by atoms with Crippen LogP contribution in [0.3, 0.4) is 0 Å². The predicted octanol–water partition coefficient (Wildman–Crippen LogP) is 2.20. The van der Waals surface area contributed by atoms with E-state index in [1.54, 1.807) is 42.0 Å². The Morgan fingerprint density at radius 2 is 1.71 bits per heavy atom. The number of para-hydroxylation sites is 1. The van der Waals surface area contributed by atoms with Gasteiger partial charge in [0.25, 0.3) is 5.91 Å². The number of nitrogens with zero attached hydrogens (tertiary/aromatic N) is 7. The van der Waals surface area contributed by atoms with Crippen molar-refractivity contribution in [3.8, 4) is 22.9 Å². The zero-order valence-electron chi connectivity index (χ0n) is 19.7. The fourth-order valence-corrected chi connectivity index (χ4v) is 4.23. The number of piperazine rings is 1. The van der Waals surface area contributed by atoms with Crippen molar-refractivity contribution in [2.75, 3.05) is 52.4 Å². The Labute approximate surface area is 201 Å². The summed E-state index contributed by atoms with van der Waals surface area (Å²) in [7, 11) is 4.71. The summed E-state index contributed by atoms with van der Waals surface area (Å²) in [4.78, 5) is 26.0. The Bertz CT molecular complexity index is 1370. The predicted molar refractivity (Wildman–Crippen MR) is 129 cm³/mol. The first kappa shape index (κ1) is 22.4. The third-order valence-corrected chi connectivity index (χ3v) is 6.02. The SMILES string of the molecule is COc1cccc(-n2nnc3c(N4CCN(C(=O)c5cccc(OC)c5OC)CC4)ncnc32)c1. The molecule has 0 N–H and O–H groups in total. The van der Waals surface area contributed by atoms with Crippen LogP contribution in [0.15, 0.2) is 48.8 Å². The monoisotopic (exact) mass is 475 g/mol. The highest BCUT2D eigenvalue weighted by molar-refractivity contribution is 5.98. The van der Waals surface area contributed by atoms with Crippen molar-refractivity contribution < 1.29 is 19.0 Å². The van der Waals surface area contributed by atoms with Gasteiger partial charge in [0.05, 0.1) is 32.6 Å². The van der Waals surface area contributed by atoms with Crippen molar-refractivity contribution in [1.29, 1.82) is 0 Å². The molecule has 0 saturated carbocycles. The molecule has 3 heterocycles. The molecular weight excluding hydrogens is 450 g/mol. The summed E-state index contributed by atoms with van der Waals surface area (Å²) < 4.78 is 17.8. The summed E-state index contributed by atoms with van der Waals surface area (Å²) in [6.45, 7) is 2.23. The molecule has 180 valence electrons. The molecule has 0 unspecified atom stereocenters. The number of fused-ring (bicyclic) bond motifs is 1. The van der Waals surface area contributed by atoms with Crippen molar-refractivity contribution in [3.63, 3.8) is 0 Å². The quantitative estimate of drug-likeness (QED) is 0.415. The zero-order valence-corrected chi connectivity index (χ0v) is 19.7. The lowest BCUT2D eigenvalue weighted by molar-refractivity contribution is 0.0742. The van der Waals surface area contributed by atoms with Gasteiger partial charge in [-0.3, -0.25) is 4.79 Å². The van der Waals surface area contributed by atoms with Crippen LogP contribution < -0.4 is 19.1 Å². The third kappa shape index (κ3) is 4.05. The smallest absolute Gasteiger partial charge is 0.257 e. The molecule has 11 nitrogen and oxygen atoms in total. The van der Waals surface area contributed by atoms with Crippen LogP contribution >= 0.6 is 0 Å². The van der Waals surface area contributed by atoms with Gasteiger partial charge in [0.1, 0.15) is 12.1 Å². The van der Waals surface area contributed by atoms with Gasteiger partial charge >= 0.3 is 0 Å². The number of methoxy groups -OCH3 is 3. The Kier molecular flexibility index (Phi) is 6.04. The highest BCUT2D eigenvalue weighted by Crippen LogP contribution is 2.32. The second-order valence-electron chi connectivity index (χ2n) is 7.89. The van der Waals surface area contributed by atoms with E-state index in [1.165, 1.54) is 13.4 Å². The summed E-state index contributed by atoms with van der Waals surface area (Å²) in [5.74, 6) is 2.27. The van der Waals surface area contributed by atoms with E-state index in [0.29, 0.717) is 66.0 Å². The zero-order chi connectivity index (χ0) is 24.4. The fourth-order valence-electron chi connectivity index (χ4n) is 4.23. The number of carbonyl (C=O) groups excluding carboxylic acids is 1. The Morgan fingerprint density at radius 1 is 0.914 bits per heavy atom. The molecule has 0 bridgehead atoms. The molecule has 4 aromatic rings. The number of ether oxygens (including phenoxy) is 3. The van der Waals surface area contributed by atoms with E-state index >= 15 is 0 Å². The third-order valence-electron chi connectivity index (χ3n) is 6.02. The summed E-state index contributed by atoms with van der Waals surface area (Å²) in [6.07, 6.45) is 1.51. The molecular formula is C24H25N7O4. The standard InChI is InChI=1S/C24H25N7O4/c1-33-17-7-4-6-16(14-17)31-23-20(27-28-31)22(25-15-26-23)29-10-12-30(13-11-29)24(32)18-8-5-9-19(34-2)21(18)35-3/h4-9,14-15H,10-13H2,1-3H3. The van der Waals surface area contributed by atoms with Crippen LogP contribution in [-0.4, -0.2) is 83.3 Å². The largest absolute Gasteiger partial charge is 0.497 e. The average molecular weight is 476 g/mol. The Morgan fingerprint density at radius 3 is 2.46 bits per heavy atom. The van der Waals surface area contributed by atoms with E-state index in [9.17, 15) is 4.79 Å². The molecule has 35 heavy (non-hydrogen) atoms. The van der Waals surface area contributed by atoms with Crippen LogP contribution in [0.2, 0.25) is 0 Å². The highest BCUT2D eigenvalue weighted by Gasteiger charge is 2.27. The van der Waals surface area contributed by atoms with Gasteiger partial charge < -0.3 is 24.0 Å². The normalized spacial score (nSPS) is 13.7. The minimum Gasteiger partial charge on any atom is -0.497 e. The maximum absolute atomic E-state index is 13.2. The first-order valence-electron chi connectivity index (χ1n) is 11.1. The molecule has 0 spiro atoms. The Hall–Kier alpha value is -4.41. The van der Waals surface area contributed by atoms with Crippen molar-refractivity contribution in [3.05, 3.63) is 54.4 Å². The second kappa shape index (κ2) is 9.45. The number of benzene rings is 2. The van der Waals surface area contributed by atoms with Crippen LogP contribution in [0.4, 0.5) is 5.82 Å². The topological polar surface area (TPSA) is 108 Å². The van der Waals surface area contributed by atoms with Gasteiger partial charge in [-0.1, -0.05) is 17.3 Å². The van der Waals surface area contributed by atoms with E-state index in [-0.39, 0.29) is 5.91 Å². The van der Waals surface area contributed by atoms with E-state index < -0.39 is 0 Å². The maximum atomic E-state index is 13.2. The van der Waals surface area contributed by atoms with E-state index in [1.807, 2.05) is 24.3 Å². The number of aromatic nitrogens is 5.